The number of benzene rings is 4. The van der Waals surface area contributed by atoms with E-state index in [-0.39, 0.29) is 19.1 Å². The summed E-state index contributed by atoms with van der Waals surface area (Å²) in [6.45, 7) is 5.94. The van der Waals surface area contributed by atoms with Crippen molar-refractivity contribution in [2.75, 3.05) is 10.6 Å². The smallest absolute Gasteiger partial charge is 0.408 e. The molecule has 0 aliphatic heterocycles. The largest absolute Gasteiger partial charge is 0.488 e. The molecule has 9 heteroatoms. The highest BCUT2D eigenvalue weighted by atomic mass is 16.5. The summed E-state index contributed by atoms with van der Waals surface area (Å²) in [7, 11) is 0. The van der Waals surface area contributed by atoms with Crippen LogP contribution in [0.2, 0.25) is 0 Å². The number of alkyl carbamates (subject to hydrolysis) is 1. The predicted octanol–water partition coefficient (Wildman–Crippen LogP) is 6.96. The Hall–Kier alpha value is -5.31. The number of hydrogen-bond acceptors (Lipinski definition) is 5. The Bertz CT molecular complexity index is 1550. The van der Waals surface area contributed by atoms with Crippen molar-refractivity contribution in [1.29, 1.82) is 0 Å². The lowest BCUT2D eigenvalue weighted by atomic mass is 9.98. The summed E-state index contributed by atoms with van der Waals surface area (Å²) in [4.78, 5) is 36.4. The first-order chi connectivity index (χ1) is 21.1. The number of carbonyl (C=O) groups is 3. The van der Waals surface area contributed by atoms with E-state index in [0.717, 1.165) is 27.9 Å². The Balaban J connectivity index is 1.26. The Morgan fingerprint density at radius 1 is 0.773 bits per heavy atom. The zero-order valence-corrected chi connectivity index (χ0v) is 25.0. The fourth-order valence-corrected chi connectivity index (χ4v) is 4.59. The molecule has 4 aromatic rings. The average molecular weight is 596 g/mol. The molecule has 0 aliphatic rings. The summed E-state index contributed by atoms with van der Waals surface area (Å²) in [6, 6.07) is 30.0. The molecule has 4 aromatic carbocycles. The van der Waals surface area contributed by atoms with Gasteiger partial charge >= 0.3 is 18.1 Å². The molecule has 0 fully saturated rings. The zero-order chi connectivity index (χ0) is 31.5. The maximum atomic E-state index is 12.4. The van der Waals surface area contributed by atoms with Crippen LogP contribution in [0.15, 0.2) is 103 Å². The van der Waals surface area contributed by atoms with Crippen molar-refractivity contribution in [1.82, 2.24) is 5.32 Å². The van der Waals surface area contributed by atoms with Gasteiger partial charge in [-0.3, -0.25) is 0 Å². The predicted molar refractivity (Wildman–Crippen MR) is 170 cm³/mol. The van der Waals surface area contributed by atoms with Gasteiger partial charge in [-0.1, -0.05) is 72.8 Å². The molecule has 1 unspecified atom stereocenters. The van der Waals surface area contributed by atoms with Crippen molar-refractivity contribution >= 4 is 29.5 Å². The molecule has 3 amide bonds. The Morgan fingerprint density at radius 3 is 2.07 bits per heavy atom. The number of carboxylic acids is 1. The number of para-hydroxylation sites is 1. The van der Waals surface area contributed by atoms with E-state index in [9.17, 15) is 19.5 Å². The molecule has 0 spiro atoms. The van der Waals surface area contributed by atoms with Crippen molar-refractivity contribution in [3.05, 3.63) is 125 Å². The molecular formula is C35H37N3O6. The quantitative estimate of drug-likeness (QED) is 0.140. The number of anilines is 2. The van der Waals surface area contributed by atoms with E-state index in [1.807, 2.05) is 99.6 Å². The third kappa shape index (κ3) is 9.90. The normalized spacial score (nSPS) is 11.6. The summed E-state index contributed by atoms with van der Waals surface area (Å²) in [5, 5.41) is 17.8. The highest BCUT2D eigenvalue weighted by Crippen LogP contribution is 2.24. The summed E-state index contributed by atoms with van der Waals surface area (Å²) < 4.78 is 11.4. The average Bonchev–Trinajstić information content (AvgIpc) is 2.99. The van der Waals surface area contributed by atoms with Gasteiger partial charge in [0, 0.05) is 24.2 Å². The molecule has 1 atom stereocenters. The van der Waals surface area contributed by atoms with E-state index in [0.29, 0.717) is 17.9 Å². The van der Waals surface area contributed by atoms with Gasteiger partial charge in [-0.15, -0.1) is 0 Å². The lowest BCUT2D eigenvalue weighted by Crippen LogP contribution is -2.42. The van der Waals surface area contributed by atoms with Gasteiger partial charge in [-0.05, 0) is 73.4 Å². The van der Waals surface area contributed by atoms with Crippen LogP contribution in [0.5, 0.6) is 5.75 Å². The second kappa shape index (κ2) is 14.7. The molecular weight excluding hydrogens is 558 g/mol. The Morgan fingerprint density at radius 2 is 1.41 bits per heavy atom. The monoisotopic (exact) mass is 595 g/mol. The van der Waals surface area contributed by atoms with Gasteiger partial charge in [0.05, 0.1) is 0 Å². The van der Waals surface area contributed by atoms with Gasteiger partial charge in [-0.2, -0.15) is 0 Å². The van der Waals surface area contributed by atoms with Crippen molar-refractivity contribution in [3.63, 3.8) is 0 Å². The van der Waals surface area contributed by atoms with Gasteiger partial charge in [0.15, 0.2) is 0 Å². The van der Waals surface area contributed by atoms with Crippen molar-refractivity contribution in [2.45, 2.75) is 51.9 Å². The summed E-state index contributed by atoms with van der Waals surface area (Å²) in [5.41, 5.74) is 4.42. The van der Waals surface area contributed by atoms with Crippen LogP contribution in [0.4, 0.5) is 21.0 Å². The molecule has 9 nitrogen and oxygen atoms in total. The second-order valence-corrected chi connectivity index (χ2v) is 11.1. The van der Waals surface area contributed by atoms with E-state index < -0.39 is 23.7 Å². The standard InChI is InChI=1S/C35H37N3O6/c1-24-9-7-8-12-30(24)37-33(41)36-28-17-13-26(14-18-28)22-35(2,3)44-29-19-15-25(16-20-29)21-31(32(39)40)38-34(42)43-23-27-10-5-4-6-11-27/h4-20,31H,21-23H2,1-3H3,(H,38,42)(H,39,40)(H2,36,37,41). The van der Waals surface area contributed by atoms with Crippen LogP contribution in [0.25, 0.3) is 0 Å². The SMILES string of the molecule is Cc1ccccc1NC(=O)Nc1ccc(CC(C)(C)Oc2ccc(CC(NC(=O)OCc3ccccc3)C(=O)O)cc2)cc1. The number of aryl methyl sites for hydroxylation is 1. The first-order valence-electron chi connectivity index (χ1n) is 14.3. The highest BCUT2D eigenvalue weighted by Gasteiger charge is 2.23. The van der Waals surface area contributed by atoms with Gasteiger partial charge in [0.1, 0.15) is 24.0 Å². The van der Waals surface area contributed by atoms with Gasteiger partial charge in [-0.25, -0.2) is 14.4 Å². The van der Waals surface area contributed by atoms with E-state index in [4.69, 9.17) is 9.47 Å². The third-order valence-corrected chi connectivity index (χ3v) is 6.80. The van der Waals surface area contributed by atoms with Crippen LogP contribution in [0.3, 0.4) is 0 Å². The molecule has 0 radical (unpaired) electrons. The van der Waals surface area contributed by atoms with Crippen molar-refractivity contribution < 1.29 is 29.0 Å². The maximum Gasteiger partial charge on any atom is 0.408 e. The first-order valence-corrected chi connectivity index (χ1v) is 14.3. The molecule has 0 saturated heterocycles. The van der Waals surface area contributed by atoms with Crippen LogP contribution >= 0.6 is 0 Å². The number of hydrogen-bond donors (Lipinski definition) is 4. The third-order valence-electron chi connectivity index (χ3n) is 6.80. The van der Waals surface area contributed by atoms with Crippen molar-refractivity contribution in [2.24, 2.45) is 0 Å². The fraction of sp³-hybridized carbons (Fsp3) is 0.229. The number of nitrogens with one attached hydrogen (secondary N) is 3. The van der Waals surface area contributed by atoms with Crippen LogP contribution in [0.1, 0.15) is 36.1 Å². The molecule has 44 heavy (non-hydrogen) atoms. The summed E-state index contributed by atoms with van der Waals surface area (Å²) in [5.74, 6) is -0.525. The molecule has 228 valence electrons. The van der Waals surface area contributed by atoms with Gasteiger partial charge < -0.3 is 30.5 Å². The van der Waals surface area contributed by atoms with Crippen LogP contribution in [0, 0.1) is 6.92 Å². The fourth-order valence-electron chi connectivity index (χ4n) is 4.59. The molecule has 0 heterocycles. The van der Waals surface area contributed by atoms with E-state index in [2.05, 4.69) is 16.0 Å². The Kier molecular flexibility index (Phi) is 10.6. The van der Waals surface area contributed by atoms with Gasteiger partial charge in [0.2, 0.25) is 0 Å². The minimum atomic E-state index is -1.16. The first kappa shape index (κ1) is 31.6. The summed E-state index contributed by atoms with van der Waals surface area (Å²) in [6.07, 6.45) is -0.0964. The summed E-state index contributed by atoms with van der Waals surface area (Å²) >= 11 is 0. The molecule has 0 bridgehead atoms. The molecule has 4 rings (SSSR count). The number of rotatable bonds is 12. The zero-order valence-electron chi connectivity index (χ0n) is 25.0. The molecule has 0 saturated carbocycles. The number of carboxylic acid groups (broad SMARTS) is 1. The maximum absolute atomic E-state index is 12.4. The van der Waals surface area contributed by atoms with Gasteiger partial charge in [0.25, 0.3) is 0 Å². The highest BCUT2D eigenvalue weighted by molar-refractivity contribution is 6.00. The number of ether oxygens (including phenoxy) is 2. The lowest BCUT2D eigenvalue weighted by Gasteiger charge is -2.27. The van der Waals surface area contributed by atoms with Crippen LogP contribution < -0.4 is 20.7 Å². The second-order valence-electron chi connectivity index (χ2n) is 11.1. The van der Waals surface area contributed by atoms with E-state index >= 15 is 0 Å². The molecule has 0 aliphatic carbocycles. The number of amides is 3. The molecule has 4 N–H and O–H groups in total. The van der Waals surface area contributed by atoms with Crippen LogP contribution in [-0.2, 0) is 29.0 Å². The van der Waals surface area contributed by atoms with Crippen molar-refractivity contribution in [3.8, 4) is 5.75 Å². The minimum absolute atomic E-state index is 0.0491. The lowest BCUT2D eigenvalue weighted by molar-refractivity contribution is -0.139. The number of aliphatic carboxylic acids is 1. The topological polar surface area (TPSA) is 126 Å². The number of carbonyl (C=O) groups excluding carboxylic acids is 2. The number of urea groups is 1. The minimum Gasteiger partial charge on any atom is -0.488 e. The molecule has 0 aromatic heterocycles. The van der Waals surface area contributed by atoms with E-state index in [1.165, 1.54) is 0 Å². The Labute approximate surface area is 257 Å². The van der Waals surface area contributed by atoms with E-state index in [1.54, 1.807) is 24.3 Å². The van der Waals surface area contributed by atoms with Crippen LogP contribution in [-0.4, -0.2) is 34.8 Å².